The van der Waals surface area contributed by atoms with Crippen molar-refractivity contribution in [1.29, 1.82) is 0 Å². The number of aliphatic hydroxyl groups is 1. The van der Waals surface area contributed by atoms with Gasteiger partial charge in [0.05, 0.1) is 29.0 Å². The van der Waals surface area contributed by atoms with Crippen LogP contribution in [-0.2, 0) is 34.8 Å². The maximum absolute atomic E-state index is 13.3. The third kappa shape index (κ3) is 2.24. The first-order valence-electron chi connectivity index (χ1n) is 10.9. The molecule has 3 N–H and O–H groups in total. The number of cyclic esters (lactones) is 1. The van der Waals surface area contributed by atoms with Crippen LogP contribution in [0.4, 0.5) is 0 Å². The predicted molar refractivity (Wildman–Crippen MR) is 109 cm³/mol. The Morgan fingerprint density at radius 1 is 1.23 bits per heavy atom. The van der Waals surface area contributed by atoms with E-state index in [0.717, 1.165) is 11.1 Å². The molecule has 0 unspecified atom stereocenters. The number of benzene rings is 1. The van der Waals surface area contributed by atoms with E-state index in [-0.39, 0.29) is 54.3 Å². The third-order valence-corrected chi connectivity index (χ3v) is 6.38. The first-order chi connectivity index (χ1) is 15.7. The van der Waals surface area contributed by atoms with E-state index in [4.69, 9.17) is 27.7 Å². The first-order valence-corrected chi connectivity index (χ1v) is 9.91. The van der Waals surface area contributed by atoms with Crippen LogP contribution in [-0.4, -0.2) is 27.4 Å². The zero-order valence-electron chi connectivity index (χ0n) is 18.5. The van der Waals surface area contributed by atoms with Gasteiger partial charge in [-0.05, 0) is 24.1 Å². The number of hydrogen-bond donors (Lipinski definition) is 2. The van der Waals surface area contributed by atoms with Crippen LogP contribution >= 0.6 is 0 Å². The fourth-order valence-electron chi connectivity index (χ4n) is 4.67. The molecule has 0 aliphatic carbocycles. The van der Waals surface area contributed by atoms with E-state index < -0.39 is 18.3 Å². The molecule has 1 aromatic carbocycles. The van der Waals surface area contributed by atoms with E-state index in [1.165, 1.54) is 0 Å². The average Bonchev–Trinajstić information content (AvgIpc) is 3.29. The molecule has 3 aliphatic heterocycles. The number of carbonyl (C=O) groups excluding carboxylic acids is 1. The summed E-state index contributed by atoms with van der Waals surface area (Å²) in [5.41, 5.74) is 7.30. The molecule has 3 aliphatic rings. The minimum atomic E-state index is -2.27. The Balaban J connectivity index is 1.62. The van der Waals surface area contributed by atoms with E-state index in [2.05, 4.69) is 0 Å². The molecule has 0 radical (unpaired) electrons. The maximum atomic E-state index is 13.3. The van der Waals surface area contributed by atoms with Gasteiger partial charge in [0.15, 0.2) is 17.1 Å². The summed E-state index contributed by atoms with van der Waals surface area (Å²) in [6, 6.07) is 4.86. The van der Waals surface area contributed by atoms with E-state index in [1.807, 2.05) is 0 Å². The number of carbonyl (C=O) groups is 1. The molecule has 9 nitrogen and oxygen atoms in total. The van der Waals surface area contributed by atoms with E-state index >= 15 is 0 Å². The molecule has 0 bridgehead atoms. The average molecular weight is 423 g/mol. The second-order valence-electron chi connectivity index (χ2n) is 7.83. The second-order valence-corrected chi connectivity index (χ2v) is 7.83. The monoisotopic (exact) mass is 423 g/mol. The molecule has 158 valence electrons. The fourth-order valence-corrected chi connectivity index (χ4v) is 4.67. The highest BCUT2D eigenvalue weighted by Gasteiger charge is 2.45. The molecule has 1 atom stereocenters. The summed E-state index contributed by atoms with van der Waals surface area (Å²) in [6.45, 7) is -0.455. The highest BCUT2D eigenvalue weighted by Crippen LogP contribution is 2.42. The molecule has 3 aromatic rings. The van der Waals surface area contributed by atoms with Gasteiger partial charge in [0.25, 0.3) is 5.56 Å². The molecule has 0 amide bonds. The van der Waals surface area contributed by atoms with Crippen LogP contribution in [0, 0.1) is 0 Å². The lowest BCUT2D eigenvalue weighted by atomic mass is 9.86. The molecule has 0 fully saturated rings. The summed E-state index contributed by atoms with van der Waals surface area (Å²) >= 11 is 0. The largest absolute Gasteiger partial charge is 0.458 e. The summed E-state index contributed by atoms with van der Waals surface area (Å²) in [5.74, 6) is -0.321. The van der Waals surface area contributed by atoms with Crippen LogP contribution in [0.25, 0.3) is 22.3 Å². The highest BCUT2D eigenvalue weighted by atomic mass is 16.7. The Kier molecular flexibility index (Phi) is 3.18. The number of hydrogen-bond acceptors (Lipinski definition) is 8. The van der Waals surface area contributed by atoms with Crippen LogP contribution in [0.3, 0.4) is 0 Å². The summed E-state index contributed by atoms with van der Waals surface area (Å²) in [4.78, 5) is 30.4. The number of fused-ring (bicyclic) bond motifs is 6. The number of nitrogens with zero attached hydrogens (tertiary/aromatic N) is 2. The maximum Gasteiger partial charge on any atom is 0.343 e. The zero-order valence-corrected chi connectivity index (χ0v) is 16.5. The van der Waals surface area contributed by atoms with Crippen molar-refractivity contribution in [2.75, 3.05) is 6.75 Å². The summed E-state index contributed by atoms with van der Waals surface area (Å²) in [5, 5.41) is 11.7. The van der Waals surface area contributed by atoms with Gasteiger partial charge in [-0.1, -0.05) is 6.92 Å². The minimum Gasteiger partial charge on any atom is -0.458 e. The molecule has 9 heteroatoms. The van der Waals surface area contributed by atoms with E-state index in [0.29, 0.717) is 22.3 Å². The molecule has 0 saturated carbocycles. The number of esters is 1. The molecular weight excluding hydrogens is 402 g/mol. The van der Waals surface area contributed by atoms with Gasteiger partial charge < -0.3 is 29.6 Å². The van der Waals surface area contributed by atoms with Crippen LogP contribution in [0.5, 0.6) is 11.5 Å². The Hall–Kier alpha value is -3.43. The number of aromatic nitrogens is 2. The van der Waals surface area contributed by atoms with Gasteiger partial charge >= 0.3 is 5.97 Å². The molecule has 6 rings (SSSR count). The van der Waals surface area contributed by atoms with Gasteiger partial charge in [-0.25, -0.2) is 9.78 Å². The second kappa shape index (κ2) is 6.05. The van der Waals surface area contributed by atoms with Crippen LogP contribution in [0.2, 0.25) is 0 Å². The summed E-state index contributed by atoms with van der Waals surface area (Å²) < 4.78 is 32.5. The zero-order chi connectivity index (χ0) is 23.3. The normalized spacial score (nSPS) is 23.0. The van der Waals surface area contributed by atoms with Crippen molar-refractivity contribution in [3.8, 4) is 22.9 Å². The van der Waals surface area contributed by atoms with Gasteiger partial charge in [0.2, 0.25) is 6.75 Å². The molecule has 0 spiro atoms. The molecular formula is C22H19N3O6. The fraction of sp³-hybridized carbons (Fsp3) is 0.318. The Bertz CT molecular complexity index is 1470. The standard InChI is InChI=1S/C22H19N3O6/c1-2-22(28)14-4-16-19-12(7-25(16)20(26)13(14)8-29-21(22)27)11(6-23)10-3-17-18(31-9-30-17)5-15(10)24-19/h3-5,28H,2,6-9,23H2,1H3/t22-/m0/s1/i9D2. The van der Waals surface area contributed by atoms with Crippen LogP contribution < -0.4 is 20.8 Å². The van der Waals surface area contributed by atoms with Crippen LogP contribution in [0.1, 0.15) is 38.3 Å². The van der Waals surface area contributed by atoms with Crippen molar-refractivity contribution < 1.29 is 26.9 Å². The van der Waals surface area contributed by atoms with Gasteiger partial charge in [0.1, 0.15) is 9.35 Å². The molecule has 5 heterocycles. The Morgan fingerprint density at radius 3 is 2.74 bits per heavy atom. The Labute approximate surface area is 178 Å². The first kappa shape index (κ1) is 16.3. The molecule has 31 heavy (non-hydrogen) atoms. The van der Waals surface area contributed by atoms with Gasteiger partial charge in [-0.2, -0.15) is 0 Å². The SMILES string of the molecule is [2H]C1([2H])Oc2cc3nc4c(c(CN)c3cc2O1)Cn1c-4cc2c(c1=O)COC(=O)[C@]2(O)CC. The smallest absolute Gasteiger partial charge is 0.343 e. The molecule has 0 saturated heterocycles. The minimum absolute atomic E-state index is 0.0548. The van der Waals surface area contributed by atoms with Crippen LogP contribution in [0.15, 0.2) is 23.0 Å². The lowest BCUT2D eigenvalue weighted by molar-refractivity contribution is -0.172. The molecule has 2 aromatic heterocycles. The number of nitrogens with two attached hydrogens (primary N) is 1. The number of rotatable bonds is 2. The topological polar surface area (TPSA) is 126 Å². The summed E-state index contributed by atoms with van der Waals surface area (Å²) in [7, 11) is 0. The van der Waals surface area contributed by atoms with Gasteiger partial charge in [0, 0.05) is 29.1 Å². The van der Waals surface area contributed by atoms with Crippen molar-refractivity contribution >= 4 is 16.9 Å². The summed E-state index contributed by atoms with van der Waals surface area (Å²) in [6.07, 6.45) is 0.0548. The van der Waals surface area contributed by atoms with Crippen molar-refractivity contribution in [3.05, 3.63) is 50.8 Å². The predicted octanol–water partition coefficient (Wildman–Crippen LogP) is 1.27. The van der Waals surface area contributed by atoms with Crippen molar-refractivity contribution in [1.82, 2.24) is 9.55 Å². The van der Waals surface area contributed by atoms with E-state index in [1.54, 1.807) is 29.7 Å². The highest BCUT2D eigenvalue weighted by molar-refractivity contribution is 5.91. The van der Waals surface area contributed by atoms with E-state index in [9.17, 15) is 14.7 Å². The Morgan fingerprint density at radius 2 is 2.00 bits per heavy atom. The third-order valence-electron chi connectivity index (χ3n) is 6.38. The quantitative estimate of drug-likeness (QED) is 0.462. The van der Waals surface area contributed by atoms with Gasteiger partial charge in [-0.3, -0.25) is 4.79 Å². The number of pyridine rings is 2. The number of ether oxygens (including phenoxy) is 3. The van der Waals surface area contributed by atoms with Crippen molar-refractivity contribution in [2.45, 2.75) is 38.6 Å². The van der Waals surface area contributed by atoms with Crippen molar-refractivity contribution in [2.24, 2.45) is 5.73 Å². The lowest BCUT2D eigenvalue weighted by Gasteiger charge is -2.31. The van der Waals surface area contributed by atoms with Crippen molar-refractivity contribution in [3.63, 3.8) is 0 Å². The van der Waals surface area contributed by atoms with Gasteiger partial charge in [-0.15, -0.1) is 0 Å². The lowest BCUT2D eigenvalue weighted by Crippen LogP contribution is -2.44.